The highest BCUT2D eigenvalue weighted by atomic mass is 35.5. The number of carbonyl (C=O) groups is 2. The van der Waals surface area contributed by atoms with Crippen molar-refractivity contribution in [2.24, 2.45) is 0 Å². The molecule has 2 N–H and O–H groups in total. The fourth-order valence-electron chi connectivity index (χ4n) is 2.47. The number of carbonyl (C=O) groups excluding carboxylic acids is 2. The van der Waals surface area contributed by atoms with Crippen molar-refractivity contribution in [2.45, 2.75) is 6.92 Å². The van der Waals surface area contributed by atoms with Gasteiger partial charge in [-0.25, -0.2) is 0 Å². The van der Waals surface area contributed by atoms with Gasteiger partial charge in [-0.05, 0) is 36.9 Å². The first-order valence-electron chi connectivity index (χ1n) is 8.61. The van der Waals surface area contributed by atoms with Gasteiger partial charge in [-0.2, -0.15) is 5.26 Å². The number of hydrogen-bond acceptors (Lipinski definition) is 5. The molecule has 0 bridgehead atoms. The molecular formula is C20H21ClN4O3. The lowest BCUT2D eigenvalue weighted by atomic mass is 10.2. The molecular weight excluding hydrogens is 380 g/mol. The van der Waals surface area contributed by atoms with E-state index in [0.29, 0.717) is 29.2 Å². The van der Waals surface area contributed by atoms with E-state index in [1.54, 1.807) is 42.3 Å². The Morgan fingerprint density at radius 3 is 2.29 bits per heavy atom. The van der Waals surface area contributed by atoms with Gasteiger partial charge >= 0.3 is 0 Å². The van der Waals surface area contributed by atoms with E-state index in [1.165, 1.54) is 12.1 Å². The van der Waals surface area contributed by atoms with Gasteiger partial charge in [0.15, 0.2) is 0 Å². The van der Waals surface area contributed by atoms with Crippen LogP contribution in [0, 0.1) is 11.3 Å². The smallest absolute Gasteiger partial charge is 0.238 e. The highest BCUT2D eigenvalue weighted by Gasteiger charge is 2.14. The van der Waals surface area contributed by atoms with Gasteiger partial charge in [0, 0.05) is 17.4 Å². The Balaban J connectivity index is 1.90. The molecule has 0 saturated carbocycles. The average Bonchev–Trinajstić information content (AvgIpc) is 2.67. The topological polar surface area (TPSA) is 94.5 Å². The van der Waals surface area contributed by atoms with Crippen LogP contribution in [0.2, 0.25) is 5.02 Å². The summed E-state index contributed by atoms with van der Waals surface area (Å²) in [5.41, 5.74) is 1.45. The van der Waals surface area contributed by atoms with Crippen LogP contribution in [0.15, 0.2) is 42.5 Å². The number of hydrogen-bond donors (Lipinski definition) is 2. The van der Waals surface area contributed by atoms with E-state index in [1.807, 2.05) is 13.0 Å². The predicted octanol–water partition coefficient (Wildman–Crippen LogP) is 3.12. The first-order valence-corrected chi connectivity index (χ1v) is 8.98. The van der Waals surface area contributed by atoms with Gasteiger partial charge in [0.05, 0.1) is 30.8 Å². The van der Waals surface area contributed by atoms with Crippen molar-refractivity contribution in [3.63, 3.8) is 0 Å². The number of nitrogens with zero attached hydrogens (tertiary/aromatic N) is 2. The minimum atomic E-state index is -0.281. The van der Waals surface area contributed by atoms with Crippen molar-refractivity contribution >= 4 is 34.8 Å². The summed E-state index contributed by atoms with van der Waals surface area (Å²) in [5.74, 6) is 0.131. The molecule has 2 rings (SSSR count). The molecule has 8 heteroatoms. The zero-order valence-electron chi connectivity index (χ0n) is 15.7. The Morgan fingerprint density at radius 1 is 1.11 bits per heavy atom. The standard InChI is InChI=1S/C20H21ClN4O3/c1-3-25(12-19(26)23-15-5-4-6-17(9-15)28-2)13-20(27)24-16-8-7-14(11-22)18(21)10-16/h4-10H,3,12-13H2,1-2H3,(H,23,26)(H,24,27). The second-order valence-electron chi connectivity index (χ2n) is 5.94. The zero-order chi connectivity index (χ0) is 20.5. The second kappa shape index (κ2) is 10.3. The van der Waals surface area contributed by atoms with E-state index in [0.717, 1.165) is 0 Å². The largest absolute Gasteiger partial charge is 0.497 e. The Labute approximate surface area is 168 Å². The zero-order valence-corrected chi connectivity index (χ0v) is 16.4. The van der Waals surface area contributed by atoms with Crippen molar-refractivity contribution in [2.75, 3.05) is 37.4 Å². The molecule has 0 fully saturated rings. The number of nitriles is 1. The molecule has 0 aromatic heterocycles. The molecule has 2 aromatic carbocycles. The van der Waals surface area contributed by atoms with Gasteiger partial charge in [0.2, 0.25) is 11.8 Å². The molecule has 0 unspecified atom stereocenters. The van der Waals surface area contributed by atoms with Crippen LogP contribution in [0.1, 0.15) is 12.5 Å². The van der Waals surface area contributed by atoms with Crippen LogP contribution in [-0.4, -0.2) is 43.5 Å². The first-order chi connectivity index (χ1) is 13.4. The molecule has 0 aliphatic carbocycles. The maximum Gasteiger partial charge on any atom is 0.238 e. The summed E-state index contributed by atoms with van der Waals surface area (Å²) in [6.07, 6.45) is 0. The predicted molar refractivity (Wildman–Crippen MR) is 109 cm³/mol. The number of rotatable bonds is 8. The van der Waals surface area contributed by atoms with Crippen LogP contribution in [0.3, 0.4) is 0 Å². The highest BCUT2D eigenvalue weighted by molar-refractivity contribution is 6.32. The van der Waals surface area contributed by atoms with Crippen molar-refractivity contribution in [3.8, 4) is 11.8 Å². The summed E-state index contributed by atoms with van der Waals surface area (Å²) < 4.78 is 5.13. The molecule has 0 aliphatic rings. The quantitative estimate of drug-likeness (QED) is 0.709. The van der Waals surface area contributed by atoms with Crippen LogP contribution >= 0.6 is 11.6 Å². The molecule has 2 aromatic rings. The van der Waals surface area contributed by atoms with E-state index in [9.17, 15) is 9.59 Å². The molecule has 2 amide bonds. The first kappa shape index (κ1) is 21.2. The number of likely N-dealkylation sites (N-methyl/N-ethyl adjacent to an activating group) is 1. The fourth-order valence-corrected chi connectivity index (χ4v) is 2.69. The van der Waals surface area contributed by atoms with E-state index < -0.39 is 0 Å². The number of ether oxygens (including phenoxy) is 1. The lowest BCUT2D eigenvalue weighted by Crippen LogP contribution is -2.38. The molecule has 0 saturated heterocycles. The number of amides is 2. The Bertz CT molecular complexity index is 895. The number of halogens is 1. The van der Waals surface area contributed by atoms with Crippen LogP contribution in [-0.2, 0) is 9.59 Å². The third kappa shape index (κ3) is 6.27. The monoisotopic (exact) mass is 400 g/mol. The Morgan fingerprint density at radius 2 is 1.75 bits per heavy atom. The SMILES string of the molecule is CCN(CC(=O)Nc1cccc(OC)c1)CC(=O)Nc1ccc(C#N)c(Cl)c1. The van der Waals surface area contributed by atoms with Gasteiger partial charge in [-0.1, -0.05) is 24.6 Å². The molecule has 0 radical (unpaired) electrons. The molecule has 28 heavy (non-hydrogen) atoms. The van der Waals surface area contributed by atoms with E-state index >= 15 is 0 Å². The second-order valence-corrected chi connectivity index (χ2v) is 6.35. The lowest BCUT2D eigenvalue weighted by Gasteiger charge is -2.19. The van der Waals surface area contributed by atoms with Crippen LogP contribution in [0.25, 0.3) is 0 Å². The summed E-state index contributed by atoms with van der Waals surface area (Å²) in [7, 11) is 1.55. The third-order valence-electron chi connectivity index (χ3n) is 3.91. The third-order valence-corrected chi connectivity index (χ3v) is 4.22. The molecule has 0 spiro atoms. The molecule has 146 valence electrons. The molecule has 0 heterocycles. The number of benzene rings is 2. The Hall–Kier alpha value is -3.08. The fraction of sp³-hybridized carbons (Fsp3) is 0.250. The summed E-state index contributed by atoms with van der Waals surface area (Å²) in [6, 6.07) is 13.7. The van der Waals surface area contributed by atoms with Gasteiger partial charge in [-0.15, -0.1) is 0 Å². The average molecular weight is 401 g/mol. The maximum atomic E-state index is 12.3. The van der Waals surface area contributed by atoms with Crippen molar-refractivity contribution < 1.29 is 14.3 Å². The summed E-state index contributed by atoms with van der Waals surface area (Å²) >= 11 is 5.97. The summed E-state index contributed by atoms with van der Waals surface area (Å²) in [6.45, 7) is 2.49. The van der Waals surface area contributed by atoms with Crippen LogP contribution in [0.4, 0.5) is 11.4 Å². The van der Waals surface area contributed by atoms with Crippen molar-refractivity contribution in [1.29, 1.82) is 5.26 Å². The molecule has 0 aliphatic heterocycles. The number of nitrogens with one attached hydrogen (secondary N) is 2. The minimum Gasteiger partial charge on any atom is -0.497 e. The minimum absolute atomic E-state index is 0.0413. The summed E-state index contributed by atoms with van der Waals surface area (Å²) in [5, 5.41) is 14.7. The Kier molecular flexibility index (Phi) is 7.81. The molecule has 7 nitrogen and oxygen atoms in total. The van der Waals surface area contributed by atoms with Gasteiger partial charge in [0.25, 0.3) is 0 Å². The van der Waals surface area contributed by atoms with E-state index in [-0.39, 0.29) is 29.9 Å². The normalized spacial score (nSPS) is 10.2. The summed E-state index contributed by atoms with van der Waals surface area (Å²) in [4.78, 5) is 26.2. The van der Waals surface area contributed by atoms with Crippen LogP contribution < -0.4 is 15.4 Å². The number of methoxy groups -OCH3 is 1. The van der Waals surface area contributed by atoms with Crippen LogP contribution in [0.5, 0.6) is 5.75 Å². The lowest BCUT2D eigenvalue weighted by molar-refractivity contribution is -0.119. The maximum absolute atomic E-state index is 12.3. The molecule has 0 atom stereocenters. The highest BCUT2D eigenvalue weighted by Crippen LogP contribution is 2.20. The van der Waals surface area contributed by atoms with Gasteiger partial charge < -0.3 is 15.4 Å². The number of anilines is 2. The van der Waals surface area contributed by atoms with E-state index in [2.05, 4.69) is 10.6 Å². The van der Waals surface area contributed by atoms with E-state index in [4.69, 9.17) is 21.6 Å². The van der Waals surface area contributed by atoms with Gasteiger partial charge in [0.1, 0.15) is 11.8 Å². The van der Waals surface area contributed by atoms with Gasteiger partial charge in [-0.3, -0.25) is 14.5 Å². The van der Waals surface area contributed by atoms with Crippen molar-refractivity contribution in [3.05, 3.63) is 53.1 Å². The van der Waals surface area contributed by atoms with Crippen molar-refractivity contribution in [1.82, 2.24) is 4.90 Å².